The van der Waals surface area contributed by atoms with E-state index in [1.165, 1.54) is 48.7 Å². The molecule has 0 aliphatic carbocycles. The van der Waals surface area contributed by atoms with Crippen molar-refractivity contribution in [2.45, 2.75) is 0 Å². The molecule has 1 nitrogen and oxygen atoms in total. The van der Waals surface area contributed by atoms with Crippen LogP contribution in [0, 0.1) is 0 Å². The van der Waals surface area contributed by atoms with Crippen molar-refractivity contribution in [3.05, 3.63) is 103 Å². The van der Waals surface area contributed by atoms with Gasteiger partial charge in [-0.1, -0.05) is 72.8 Å². The minimum atomic E-state index is 1.16. The predicted octanol–water partition coefficient (Wildman–Crippen LogP) is 6.78. The molecule has 1 N–H and O–H groups in total. The summed E-state index contributed by atoms with van der Waals surface area (Å²) in [7, 11) is 0. The lowest BCUT2D eigenvalue weighted by molar-refractivity contribution is -0.362. The molecule has 0 fully saturated rings. The van der Waals surface area contributed by atoms with Gasteiger partial charge in [0, 0.05) is 17.0 Å². The van der Waals surface area contributed by atoms with Crippen LogP contribution in [0.1, 0.15) is 0 Å². The predicted molar refractivity (Wildman–Crippen MR) is 118 cm³/mol. The van der Waals surface area contributed by atoms with E-state index in [1.54, 1.807) is 0 Å². The molecule has 0 spiro atoms. The molecule has 130 valence electrons. The third-order valence-corrected chi connectivity index (χ3v) is 5.75. The lowest BCUT2D eigenvalue weighted by Crippen LogP contribution is -2.06. The van der Waals surface area contributed by atoms with Gasteiger partial charge < -0.3 is 0 Å². The van der Waals surface area contributed by atoms with E-state index in [-0.39, 0.29) is 0 Å². The summed E-state index contributed by atoms with van der Waals surface area (Å²) in [5, 5.41) is 10.2. The maximum Gasteiger partial charge on any atom is 0.218 e. The van der Waals surface area contributed by atoms with Gasteiger partial charge in [0.2, 0.25) is 5.69 Å². The number of benzene rings is 5. The first-order valence-electron chi connectivity index (χ1n) is 9.62. The topological polar surface area (TPSA) is 14.1 Å². The zero-order valence-electron chi connectivity index (χ0n) is 15.3. The average Bonchev–Trinajstić information content (AvgIpc) is 2.78. The van der Waals surface area contributed by atoms with E-state index in [0.717, 1.165) is 5.69 Å². The van der Waals surface area contributed by atoms with Crippen molar-refractivity contribution in [2.24, 2.45) is 0 Å². The molecule has 0 bridgehead atoms. The fourth-order valence-corrected chi connectivity index (χ4v) is 4.38. The van der Waals surface area contributed by atoms with Crippen LogP contribution >= 0.6 is 0 Å². The average molecular weight is 356 g/mol. The van der Waals surface area contributed by atoms with E-state index in [9.17, 15) is 0 Å². The molecule has 28 heavy (non-hydrogen) atoms. The van der Waals surface area contributed by atoms with Crippen LogP contribution in [-0.4, -0.2) is 0 Å². The van der Waals surface area contributed by atoms with Crippen molar-refractivity contribution in [2.75, 3.05) is 0 Å². The lowest BCUT2D eigenvalue weighted by atomic mass is 9.96. The Balaban J connectivity index is 1.68. The molecule has 6 rings (SSSR count). The Kier molecular flexibility index (Phi) is 3.24. The first-order valence-corrected chi connectivity index (χ1v) is 9.62. The maximum atomic E-state index is 3.51. The van der Waals surface area contributed by atoms with Crippen LogP contribution in [0.3, 0.4) is 0 Å². The van der Waals surface area contributed by atoms with E-state index in [4.69, 9.17) is 0 Å². The second kappa shape index (κ2) is 5.90. The maximum absolute atomic E-state index is 3.51. The Morgan fingerprint density at radius 3 is 1.82 bits per heavy atom. The molecular formula is C27H18N+. The van der Waals surface area contributed by atoms with Gasteiger partial charge in [0.15, 0.2) is 6.20 Å². The number of hydrogen-bond acceptors (Lipinski definition) is 0. The van der Waals surface area contributed by atoms with E-state index < -0.39 is 0 Å². The van der Waals surface area contributed by atoms with Gasteiger partial charge in [-0.2, -0.15) is 0 Å². The Morgan fingerprint density at radius 2 is 1.04 bits per heavy atom. The highest BCUT2D eigenvalue weighted by molar-refractivity contribution is 6.12. The van der Waals surface area contributed by atoms with E-state index in [0.29, 0.717) is 0 Å². The van der Waals surface area contributed by atoms with Crippen LogP contribution < -0.4 is 4.98 Å². The van der Waals surface area contributed by atoms with E-state index in [2.05, 4.69) is 108 Å². The number of hydrogen-bond donors (Lipinski definition) is 0. The summed E-state index contributed by atoms with van der Waals surface area (Å²) >= 11 is 0. The number of fused-ring (bicyclic) bond motifs is 6. The molecule has 0 radical (unpaired) electrons. The van der Waals surface area contributed by atoms with Crippen LogP contribution in [0.25, 0.3) is 54.3 Å². The number of pyridine rings is 1. The number of aromatic amines is 1. The molecule has 0 aliphatic rings. The van der Waals surface area contributed by atoms with E-state index >= 15 is 0 Å². The molecule has 1 aromatic heterocycles. The summed E-state index contributed by atoms with van der Waals surface area (Å²) in [6.45, 7) is 0. The molecule has 0 atom stereocenters. The third kappa shape index (κ3) is 2.23. The SMILES string of the molecule is c1ccc2c(c1)ccc1ccc(-c3[nH+]ccc4c3ccc3ccccc34)cc12. The summed E-state index contributed by atoms with van der Waals surface area (Å²) < 4.78 is 0. The zero-order valence-corrected chi connectivity index (χ0v) is 15.3. The van der Waals surface area contributed by atoms with E-state index in [1.807, 2.05) is 0 Å². The lowest BCUT2D eigenvalue weighted by Gasteiger charge is -2.08. The summed E-state index contributed by atoms with van der Waals surface area (Å²) in [5.41, 5.74) is 2.38. The number of H-pyrrole nitrogens is 1. The van der Waals surface area contributed by atoms with Crippen LogP contribution in [0.5, 0.6) is 0 Å². The Morgan fingerprint density at radius 1 is 0.429 bits per heavy atom. The van der Waals surface area contributed by atoms with Crippen molar-refractivity contribution < 1.29 is 4.98 Å². The van der Waals surface area contributed by atoms with Crippen LogP contribution in [-0.2, 0) is 0 Å². The minimum absolute atomic E-state index is 1.16. The second-order valence-corrected chi connectivity index (χ2v) is 7.32. The number of nitrogens with one attached hydrogen (secondary N) is 1. The Labute approximate surface area is 162 Å². The van der Waals surface area contributed by atoms with Gasteiger partial charge >= 0.3 is 0 Å². The van der Waals surface area contributed by atoms with Crippen molar-refractivity contribution in [1.29, 1.82) is 0 Å². The smallest absolute Gasteiger partial charge is 0.211 e. The van der Waals surface area contributed by atoms with Gasteiger partial charge in [-0.05, 0) is 50.5 Å². The Bertz CT molecular complexity index is 1510. The molecule has 5 aromatic carbocycles. The van der Waals surface area contributed by atoms with Crippen molar-refractivity contribution in [3.8, 4) is 11.3 Å². The molecule has 1 heterocycles. The molecule has 0 unspecified atom stereocenters. The molecule has 6 aromatic rings. The van der Waals surface area contributed by atoms with Crippen LogP contribution in [0.4, 0.5) is 0 Å². The largest absolute Gasteiger partial charge is 0.218 e. The summed E-state index contributed by atoms with van der Waals surface area (Å²) in [6.07, 6.45) is 2.05. The Hall–Kier alpha value is -3.71. The molecule has 0 saturated carbocycles. The second-order valence-electron chi connectivity index (χ2n) is 7.32. The standard InChI is InChI=1S/C27H17N/c1-3-7-22-19(6-1)13-14-25-24(22)15-16-28-27(25)21-12-11-20-10-9-18-5-2-4-8-23(18)26(20)17-21/h1-17H/p+1. The highest BCUT2D eigenvalue weighted by Crippen LogP contribution is 2.33. The normalized spacial score (nSPS) is 11.6. The number of rotatable bonds is 1. The minimum Gasteiger partial charge on any atom is -0.211 e. The molecule has 1 heteroatoms. The molecule has 0 aliphatic heterocycles. The molecule has 0 saturated heterocycles. The highest BCUT2D eigenvalue weighted by atomic mass is 14.7. The summed E-state index contributed by atoms with van der Waals surface area (Å²) in [6, 6.07) is 35.0. The van der Waals surface area contributed by atoms with Gasteiger partial charge in [-0.3, -0.25) is 0 Å². The molecule has 0 amide bonds. The van der Waals surface area contributed by atoms with Crippen LogP contribution in [0.2, 0.25) is 0 Å². The van der Waals surface area contributed by atoms with Gasteiger partial charge in [-0.25, -0.2) is 4.98 Å². The number of aromatic nitrogens is 1. The van der Waals surface area contributed by atoms with Gasteiger partial charge in [0.05, 0.1) is 5.39 Å². The molecular weight excluding hydrogens is 338 g/mol. The summed E-state index contributed by atoms with van der Waals surface area (Å²) in [5.74, 6) is 0. The van der Waals surface area contributed by atoms with Crippen molar-refractivity contribution in [3.63, 3.8) is 0 Å². The zero-order chi connectivity index (χ0) is 18.5. The van der Waals surface area contributed by atoms with Gasteiger partial charge in [0.1, 0.15) is 0 Å². The first kappa shape index (κ1) is 15.4. The third-order valence-electron chi connectivity index (χ3n) is 5.75. The van der Waals surface area contributed by atoms with Crippen LogP contribution in [0.15, 0.2) is 103 Å². The highest BCUT2D eigenvalue weighted by Gasteiger charge is 2.14. The monoisotopic (exact) mass is 356 g/mol. The van der Waals surface area contributed by atoms with Gasteiger partial charge in [0.25, 0.3) is 0 Å². The fraction of sp³-hybridized carbons (Fsp3) is 0. The quantitative estimate of drug-likeness (QED) is 0.288. The van der Waals surface area contributed by atoms with Crippen molar-refractivity contribution >= 4 is 43.1 Å². The fourth-order valence-electron chi connectivity index (χ4n) is 4.38. The van der Waals surface area contributed by atoms with Gasteiger partial charge in [-0.15, -0.1) is 0 Å². The first-order chi connectivity index (χ1) is 13.9. The van der Waals surface area contributed by atoms with Crippen molar-refractivity contribution in [1.82, 2.24) is 0 Å². The summed E-state index contributed by atoms with van der Waals surface area (Å²) in [4.78, 5) is 3.51.